The van der Waals surface area contributed by atoms with Crippen molar-refractivity contribution in [2.75, 3.05) is 6.61 Å². The molecule has 1 aromatic carbocycles. The van der Waals surface area contributed by atoms with Gasteiger partial charge in [-0.3, -0.25) is 0 Å². The minimum absolute atomic E-state index is 0.670. The normalized spacial score (nSPS) is 10.7. The maximum atomic E-state index is 5.83. The van der Waals surface area contributed by atoms with Crippen molar-refractivity contribution in [3.8, 4) is 5.75 Å². The van der Waals surface area contributed by atoms with Crippen LogP contribution in [0.25, 0.3) is 0 Å². The van der Waals surface area contributed by atoms with Gasteiger partial charge in [0.05, 0.1) is 17.3 Å². The van der Waals surface area contributed by atoms with Crippen molar-refractivity contribution in [3.63, 3.8) is 0 Å². The van der Waals surface area contributed by atoms with Gasteiger partial charge in [-0.25, -0.2) is 4.98 Å². The van der Waals surface area contributed by atoms with Gasteiger partial charge in [0.1, 0.15) is 5.75 Å². The highest BCUT2D eigenvalue weighted by molar-refractivity contribution is 7.79. The van der Waals surface area contributed by atoms with Crippen molar-refractivity contribution in [3.05, 3.63) is 44.9 Å². The van der Waals surface area contributed by atoms with Crippen LogP contribution in [0.1, 0.15) is 26.7 Å². The highest BCUT2D eigenvalue weighted by Gasteiger charge is 2.06. The second-order valence-electron chi connectivity index (χ2n) is 4.64. The van der Waals surface area contributed by atoms with Crippen LogP contribution in [0.3, 0.4) is 0 Å². The Bertz CT molecular complexity index is 563. The topological polar surface area (TPSA) is 22.1 Å². The number of hydrogen-bond acceptors (Lipinski definition) is 4. The van der Waals surface area contributed by atoms with Crippen LogP contribution in [-0.2, 0) is 12.2 Å². The molecule has 0 aliphatic rings. The number of benzene rings is 1. The Labute approximate surface area is 124 Å². The number of nitrogens with zero attached hydrogens (tertiary/aromatic N) is 1. The maximum absolute atomic E-state index is 5.83. The maximum Gasteiger partial charge on any atom is 0.122 e. The largest absolute Gasteiger partial charge is 0.493 e. The van der Waals surface area contributed by atoms with Crippen molar-refractivity contribution >= 4 is 24.0 Å². The molecule has 0 atom stereocenters. The van der Waals surface area contributed by atoms with Crippen LogP contribution in [0.4, 0.5) is 0 Å². The van der Waals surface area contributed by atoms with Crippen LogP contribution < -0.4 is 4.74 Å². The molecule has 0 bridgehead atoms. The molecule has 102 valence electrons. The highest BCUT2D eigenvalue weighted by atomic mass is 32.1. The van der Waals surface area contributed by atoms with Crippen LogP contribution in [-0.4, -0.2) is 11.6 Å². The summed E-state index contributed by atoms with van der Waals surface area (Å²) in [5, 5.41) is 1.13. The summed E-state index contributed by atoms with van der Waals surface area (Å²) >= 11 is 6.04. The minimum Gasteiger partial charge on any atom is -0.493 e. The molecular weight excluding hydrogens is 274 g/mol. The molecule has 0 saturated carbocycles. The molecule has 2 nitrogen and oxygen atoms in total. The first-order valence-corrected chi connectivity index (χ1v) is 7.81. The van der Waals surface area contributed by atoms with Crippen molar-refractivity contribution < 1.29 is 4.74 Å². The van der Waals surface area contributed by atoms with Gasteiger partial charge < -0.3 is 4.74 Å². The Morgan fingerprint density at radius 2 is 2.05 bits per heavy atom. The number of ether oxygens (including phenoxy) is 1. The van der Waals surface area contributed by atoms with E-state index in [9.17, 15) is 0 Å². The molecule has 0 N–H and O–H groups in total. The second-order valence-corrected chi connectivity index (χ2v) is 6.13. The number of aromatic nitrogens is 1. The van der Waals surface area contributed by atoms with Gasteiger partial charge in [-0.1, -0.05) is 17.7 Å². The van der Waals surface area contributed by atoms with Crippen LogP contribution in [0.5, 0.6) is 5.75 Å². The van der Waals surface area contributed by atoms with E-state index in [0.29, 0.717) is 6.61 Å². The molecule has 0 aliphatic carbocycles. The average Bonchev–Trinajstić information content (AvgIpc) is 2.72. The summed E-state index contributed by atoms with van der Waals surface area (Å²) < 4.78 is 5.83. The summed E-state index contributed by atoms with van der Waals surface area (Å²) in [6.45, 7) is 6.88. The van der Waals surface area contributed by atoms with Crippen LogP contribution >= 0.6 is 24.0 Å². The summed E-state index contributed by atoms with van der Waals surface area (Å²) in [6.07, 6.45) is 0.854. The van der Waals surface area contributed by atoms with Gasteiger partial charge in [0, 0.05) is 17.1 Å². The predicted octanol–water partition coefficient (Wildman–Crippen LogP) is 4.12. The Morgan fingerprint density at radius 1 is 1.26 bits per heavy atom. The summed E-state index contributed by atoms with van der Waals surface area (Å²) in [6, 6.07) is 6.26. The number of aryl methyl sites for hydroxylation is 3. The van der Waals surface area contributed by atoms with E-state index < -0.39 is 0 Å². The predicted molar refractivity (Wildman–Crippen MR) is 84.7 cm³/mol. The van der Waals surface area contributed by atoms with Gasteiger partial charge in [0.2, 0.25) is 0 Å². The van der Waals surface area contributed by atoms with Crippen LogP contribution in [0, 0.1) is 20.8 Å². The fourth-order valence-corrected chi connectivity index (χ4v) is 3.28. The molecule has 1 heterocycles. The van der Waals surface area contributed by atoms with E-state index >= 15 is 0 Å². The molecule has 0 unspecified atom stereocenters. The fraction of sp³-hybridized carbons (Fsp3) is 0.400. The number of hydrogen-bond donors (Lipinski definition) is 1. The standard InChI is InChI=1S/C15H19NOS2/c1-10-4-5-13(11(2)8-10)17-7-6-15-16-12(3)14(9-18)19-15/h4-5,8,18H,6-7,9H2,1-3H3. The molecule has 0 spiro atoms. The van der Waals surface area contributed by atoms with Crippen molar-refractivity contribution in [2.45, 2.75) is 32.9 Å². The molecular formula is C15H19NOS2. The third kappa shape index (κ3) is 3.74. The fourth-order valence-electron chi connectivity index (χ4n) is 1.95. The molecule has 4 heteroatoms. The lowest BCUT2D eigenvalue weighted by atomic mass is 10.1. The zero-order valence-corrected chi connectivity index (χ0v) is 13.3. The highest BCUT2D eigenvalue weighted by Crippen LogP contribution is 2.22. The van der Waals surface area contributed by atoms with Crippen molar-refractivity contribution in [1.82, 2.24) is 4.98 Å². The monoisotopic (exact) mass is 293 g/mol. The molecule has 0 radical (unpaired) electrons. The second kappa shape index (κ2) is 6.44. The van der Waals surface area contributed by atoms with Crippen LogP contribution in [0.2, 0.25) is 0 Å². The molecule has 2 aromatic rings. The zero-order chi connectivity index (χ0) is 13.8. The van der Waals surface area contributed by atoms with Gasteiger partial charge in [-0.2, -0.15) is 12.6 Å². The summed E-state index contributed by atoms with van der Waals surface area (Å²) in [5.74, 6) is 1.73. The van der Waals surface area contributed by atoms with Gasteiger partial charge in [0.15, 0.2) is 0 Å². The Morgan fingerprint density at radius 3 is 2.68 bits per heavy atom. The molecule has 0 saturated heterocycles. The summed E-state index contributed by atoms with van der Waals surface area (Å²) in [4.78, 5) is 5.79. The lowest BCUT2D eigenvalue weighted by Crippen LogP contribution is -2.02. The molecule has 0 amide bonds. The minimum atomic E-state index is 0.670. The Balaban J connectivity index is 1.92. The molecule has 19 heavy (non-hydrogen) atoms. The van der Waals surface area contributed by atoms with E-state index in [2.05, 4.69) is 43.6 Å². The lowest BCUT2D eigenvalue weighted by Gasteiger charge is -2.08. The number of rotatable bonds is 5. The van der Waals surface area contributed by atoms with Crippen LogP contribution in [0.15, 0.2) is 18.2 Å². The summed E-state index contributed by atoms with van der Waals surface area (Å²) in [5.41, 5.74) is 3.55. The third-order valence-electron chi connectivity index (χ3n) is 2.98. The van der Waals surface area contributed by atoms with E-state index in [4.69, 9.17) is 4.74 Å². The quantitative estimate of drug-likeness (QED) is 0.838. The molecule has 0 aliphatic heterocycles. The Kier molecular flexibility index (Phi) is 4.88. The third-order valence-corrected chi connectivity index (χ3v) is 4.73. The van der Waals surface area contributed by atoms with E-state index in [-0.39, 0.29) is 0 Å². The van der Waals surface area contributed by atoms with Crippen molar-refractivity contribution in [2.24, 2.45) is 0 Å². The Hall–Kier alpha value is -1.00. The van der Waals surface area contributed by atoms with Crippen molar-refractivity contribution in [1.29, 1.82) is 0 Å². The number of thiazole rings is 1. The van der Waals surface area contributed by atoms with E-state index in [1.807, 2.05) is 13.0 Å². The van der Waals surface area contributed by atoms with Gasteiger partial charge in [-0.15, -0.1) is 11.3 Å². The van der Waals surface area contributed by atoms with E-state index in [0.717, 1.165) is 28.6 Å². The zero-order valence-electron chi connectivity index (χ0n) is 11.6. The number of thiol groups is 1. The molecule has 2 rings (SSSR count). The SMILES string of the molecule is Cc1ccc(OCCc2nc(C)c(CS)s2)c(C)c1. The first kappa shape index (κ1) is 14.4. The molecule has 1 aromatic heterocycles. The summed E-state index contributed by atoms with van der Waals surface area (Å²) in [7, 11) is 0. The smallest absolute Gasteiger partial charge is 0.122 e. The van der Waals surface area contributed by atoms with E-state index in [1.54, 1.807) is 11.3 Å². The first-order valence-electron chi connectivity index (χ1n) is 6.36. The average molecular weight is 293 g/mol. The first-order chi connectivity index (χ1) is 9.10. The molecule has 0 fully saturated rings. The van der Waals surface area contributed by atoms with Gasteiger partial charge in [0.25, 0.3) is 0 Å². The van der Waals surface area contributed by atoms with Gasteiger partial charge >= 0.3 is 0 Å². The van der Waals surface area contributed by atoms with E-state index in [1.165, 1.54) is 16.0 Å². The van der Waals surface area contributed by atoms with Gasteiger partial charge in [-0.05, 0) is 32.4 Å². The lowest BCUT2D eigenvalue weighted by molar-refractivity contribution is 0.319.